The molecule has 1 aliphatic heterocycles. The lowest BCUT2D eigenvalue weighted by molar-refractivity contribution is 0.180. The highest BCUT2D eigenvalue weighted by molar-refractivity contribution is 7.91. The molecule has 1 heterocycles. The molecule has 10 heteroatoms. The molecule has 1 fully saturated rings. The first kappa shape index (κ1) is 23.2. The Morgan fingerprint density at radius 2 is 1.65 bits per heavy atom. The molecular formula is C21H27N3O5S2. The van der Waals surface area contributed by atoms with Crippen LogP contribution in [-0.4, -0.2) is 53.4 Å². The number of carbonyl (C=O) groups is 1. The maximum Gasteiger partial charge on any atom is 0.317 e. The van der Waals surface area contributed by atoms with Crippen molar-refractivity contribution >= 4 is 25.9 Å². The molecule has 1 saturated heterocycles. The van der Waals surface area contributed by atoms with Crippen LogP contribution in [-0.2, 0) is 19.9 Å². The minimum absolute atomic E-state index is 0.0596. The van der Waals surface area contributed by atoms with Crippen LogP contribution in [0.25, 0.3) is 0 Å². The van der Waals surface area contributed by atoms with Crippen molar-refractivity contribution in [3.8, 4) is 0 Å². The number of hydrogen-bond acceptors (Lipinski definition) is 5. The molecular weight excluding hydrogens is 438 g/mol. The smallest absolute Gasteiger partial charge is 0.317 e. The number of hydrogen-bond donors (Lipinski definition) is 2. The first-order valence-corrected chi connectivity index (χ1v) is 13.1. The van der Waals surface area contributed by atoms with Crippen LogP contribution >= 0.6 is 0 Å². The van der Waals surface area contributed by atoms with Crippen molar-refractivity contribution in [2.45, 2.75) is 47.4 Å². The van der Waals surface area contributed by atoms with Gasteiger partial charge in [-0.1, -0.05) is 24.3 Å². The summed E-state index contributed by atoms with van der Waals surface area (Å²) in [5.74, 6) is 0. The number of sulfonamides is 1. The summed E-state index contributed by atoms with van der Waals surface area (Å²) in [5.41, 5.74) is 0.458. The van der Waals surface area contributed by atoms with E-state index in [0.717, 1.165) is 0 Å². The van der Waals surface area contributed by atoms with E-state index < -0.39 is 19.9 Å². The molecule has 0 bridgehead atoms. The molecule has 0 aromatic heterocycles. The van der Waals surface area contributed by atoms with Gasteiger partial charge in [-0.3, -0.25) is 0 Å². The van der Waals surface area contributed by atoms with E-state index in [2.05, 4.69) is 10.0 Å². The number of carbonyl (C=O) groups excluding carboxylic acids is 1. The van der Waals surface area contributed by atoms with E-state index in [4.69, 9.17) is 0 Å². The number of nitrogens with one attached hydrogen (secondary N) is 2. The van der Waals surface area contributed by atoms with E-state index in [1.54, 1.807) is 30.0 Å². The molecule has 2 aromatic rings. The largest absolute Gasteiger partial charge is 0.338 e. The zero-order chi connectivity index (χ0) is 22.6. The lowest BCUT2D eigenvalue weighted by Crippen LogP contribution is -2.49. The Morgan fingerprint density at radius 1 is 1.00 bits per heavy atom. The van der Waals surface area contributed by atoms with Crippen LogP contribution in [0.3, 0.4) is 0 Å². The zero-order valence-electron chi connectivity index (χ0n) is 17.5. The van der Waals surface area contributed by atoms with Gasteiger partial charge in [0.05, 0.1) is 14.7 Å². The lowest BCUT2D eigenvalue weighted by atomic mass is 10.1. The van der Waals surface area contributed by atoms with Crippen LogP contribution in [0.5, 0.6) is 0 Å². The van der Waals surface area contributed by atoms with Crippen molar-refractivity contribution in [2.75, 3.05) is 19.6 Å². The highest BCUT2D eigenvalue weighted by Crippen LogP contribution is 2.26. The number of aryl methyl sites for hydroxylation is 1. The first-order valence-electron chi connectivity index (χ1n) is 10.1. The number of benzene rings is 2. The van der Waals surface area contributed by atoms with Crippen LogP contribution in [0, 0.1) is 6.92 Å². The molecule has 2 amide bonds. The third kappa shape index (κ3) is 5.25. The molecule has 0 spiro atoms. The first-order chi connectivity index (χ1) is 14.6. The molecule has 31 heavy (non-hydrogen) atoms. The summed E-state index contributed by atoms with van der Waals surface area (Å²) < 4.78 is 54.6. The van der Waals surface area contributed by atoms with Crippen molar-refractivity contribution in [1.29, 1.82) is 0 Å². The Balaban J connectivity index is 1.79. The van der Waals surface area contributed by atoms with E-state index in [9.17, 15) is 21.6 Å². The zero-order valence-corrected chi connectivity index (χ0v) is 19.2. The summed E-state index contributed by atoms with van der Waals surface area (Å²) in [6.45, 7) is 4.89. The number of amides is 2. The molecule has 0 unspecified atom stereocenters. The predicted octanol–water partition coefficient (Wildman–Crippen LogP) is 2.30. The van der Waals surface area contributed by atoms with Crippen molar-refractivity contribution in [3.63, 3.8) is 0 Å². The molecule has 2 aromatic carbocycles. The monoisotopic (exact) mass is 465 g/mol. The fourth-order valence-corrected chi connectivity index (χ4v) is 6.48. The number of rotatable bonds is 6. The topological polar surface area (TPSA) is 113 Å². The summed E-state index contributed by atoms with van der Waals surface area (Å²) in [6, 6.07) is 11.6. The maximum absolute atomic E-state index is 13.1. The fraction of sp³-hybridized carbons (Fsp3) is 0.381. The summed E-state index contributed by atoms with van der Waals surface area (Å²) in [6.07, 6.45) is 0.967. The lowest BCUT2D eigenvalue weighted by Gasteiger charge is -2.32. The second kappa shape index (κ2) is 9.37. The van der Waals surface area contributed by atoms with Crippen molar-refractivity contribution in [3.05, 3.63) is 54.1 Å². The van der Waals surface area contributed by atoms with Gasteiger partial charge in [0.1, 0.15) is 0 Å². The highest BCUT2D eigenvalue weighted by atomic mass is 32.2. The standard InChI is InChI=1S/C21H27N3O5S2/c1-3-22-21(25)24-13-11-17(12-14-24)23-31(28,29)20-15-19(10-9-16(20)2)30(26,27)18-7-5-4-6-8-18/h4-10,15,17,23H,3,11-14H2,1-2H3,(H,22,25). The molecule has 0 saturated carbocycles. The average Bonchev–Trinajstić information content (AvgIpc) is 2.75. The van der Waals surface area contributed by atoms with Crippen LogP contribution < -0.4 is 10.0 Å². The van der Waals surface area contributed by atoms with E-state index in [1.807, 2.05) is 6.92 Å². The SMILES string of the molecule is CCNC(=O)N1CCC(NS(=O)(=O)c2cc(S(=O)(=O)c3ccccc3)ccc2C)CC1. The van der Waals surface area contributed by atoms with Gasteiger partial charge in [-0.05, 0) is 56.5 Å². The Hall–Kier alpha value is -2.43. The second-order valence-electron chi connectivity index (χ2n) is 7.46. The van der Waals surface area contributed by atoms with Gasteiger partial charge in [-0.15, -0.1) is 0 Å². The third-order valence-corrected chi connectivity index (χ3v) is 8.67. The molecule has 168 valence electrons. The number of likely N-dealkylation sites (tertiary alicyclic amines) is 1. The Labute approximate surface area is 183 Å². The number of nitrogens with zero attached hydrogens (tertiary/aromatic N) is 1. The quantitative estimate of drug-likeness (QED) is 0.680. The van der Waals surface area contributed by atoms with E-state index in [0.29, 0.717) is 38.0 Å². The molecule has 8 nitrogen and oxygen atoms in total. The molecule has 0 radical (unpaired) electrons. The van der Waals surface area contributed by atoms with Gasteiger partial charge in [0.15, 0.2) is 0 Å². The summed E-state index contributed by atoms with van der Waals surface area (Å²) >= 11 is 0. The summed E-state index contributed by atoms with van der Waals surface area (Å²) in [5, 5.41) is 2.74. The number of piperidine rings is 1. The fourth-order valence-electron chi connectivity index (χ4n) is 3.52. The van der Waals surface area contributed by atoms with Crippen LogP contribution in [0.2, 0.25) is 0 Å². The molecule has 2 N–H and O–H groups in total. The van der Waals surface area contributed by atoms with Gasteiger partial charge in [-0.25, -0.2) is 26.4 Å². The Bertz CT molecular complexity index is 1140. The van der Waals surface area contributed by atoms with Crippen LogP contribution in [0.1, 0.15) is 25.3 Å². The highest BCUT2D eigenvalue weighted by Gasteiger charge is 2.28. The minimum Gasteiger partial charge on any atom is -0.338 e. The van der Waals surface area contributed by atoms with Crippen LogP contribution in [0.15, 0.2) is 63.2 Å². The van der Waals surface area contributed by atoms with Gasteiger partial charge in [0.2, 0.25) is 19.9 Å². The summed E-state index contributed by atoms with van der Waals surface area (Å²) in [7, 11) is -7.77. The minimum atomic E-state index is -3.94. The van der Waals surface area contributed by atoms with E-state index in [1.165, 1.54) is 30.3 Å². The number of sulfone groups is 1. The van der Waals surface area contributed by atoms with Crippen molar-refractivity contribution in [2.24, 2.45) is 0 Å². The molecule has 1 aliphatic rings. The average molecular weight is 466 g/mol. The third-order valence-electron chi connectivity index (χ3n) is 5.24. The van der Waals surface area contributed by atoms with Gasteiger partial charge in [0.25, 0.3) is 0 Å². The van der Waals surface area contributed by atoms with E-state index in [-0.39, 0.29) is 26.8 Å². The maximum atomic E-state index is 13.1. The van der Waals surface area contributed by atoms with Gasteiger partial charge in [0, 0.05) is 25.7 Å². The molecule has 0 aliphatic carbocycles. The van der Waals surface area contributed by atoms with Crippen molar-refractivity contribution < 1.29 is 21.6 Å². The van der Waals surface area contributed by atoms with Gasteiger partial charge >= 0.3 is 6.03 Å². The molecule has 3 rings (SSSR count). The Morgan fingerprint density at radius 3 is 2.26 bits per heavy atom. The van der Waals surface area contributed by atoms with E-state index >= 15 is 0 Å². The molecule has 0 atom stereocenters. The van der Waals surface area contributed by atoms with Gasteiger partial charge in [-0.2, -0.15) is 0 Å². The number of urea groups is 1. The van der Waals surface area contributed by atoms with Gasteiger partial charge < -0.3 is 10.2 Å². The Kier molecular flexibility index (Phi) is 7.03. The second-order valence-corrected chi connectivity index (χ2v) is 11.1. The predicted molar refractivity (Wildman–Crippen MR) is 117 cm³/mol. The summed E-state index contributed by atoms with van der Waals surface area (Å²) in [4.78, 5) is 13.6. The van der Waals surface area contributed by atoms with Crippen LogP contribution in [0.4, 0.5) is 4.79 Å². The van der Waals surface area contributed by atoms with Crippen molar-refractivity contribution in [1.82, 2.24) is 14.9 Å². The normalized spacial score (nSPS) is 15.6.